The van der Waals surface area contributed by atoms with Crippen LogP contribution in [0.2, 0.25) is 0 Å². The van der Waals surface area contributed by atoms with Gasteiger partial charge in [-0.2, -0.15) is 0 Å². The van der Waals surface area contributed by atoms with Crippen molar-refractivity contribution in [3.05, 3.63) is 59.2 Å². The highest BCUT2D eigenvalue weighted by Crippen LogP contribution is 2.33. The van der Waals surface area contributed by atoms with Crippen molar-refractivity contribution in [2.75, 3.05) is 7.11 Å². The summed E-state index contributed by atoms with van der Waals surface area (Å²) >= 11 is 0. The Morgan fingerprint density at radius 3 is 2.48 bits per heavy atom. The van der Waals surface area contributed by atoms with Crippen molar-refractivity contribution < 1.29 is 14.3 Å². The van der Waals surface area contributed by atoms with E-state index in [9.17, 15) is 4.79 Å². The summed E-state index contributed by atoms with van der Waals surface area (Å²) in [7, 11) is 1.64. The second kappa shape index (κ2) is 8.91. The van der Waals surface area contributed by atoms with Crippen molar-refractivity contribution >= 4 is 5.91 Å². The number of hydrogen-bond donors (Lipinski definition) is 2. The first kappa shape index (κ1) is 19.2. The summed E-state index contributed by atoms with van der Waals surface area (Å²) in [6.07, 6.45) is 4.92. The molecule has 0 bridgehead atoms. The van der Waals surface area contributed by atoms with Crippen LogP contribution in [-0.2, 0) is 6.54 Å². The second-order valence-electron chi connectivity index (χ2n) is 7.03. The van der Waals surface area contributed by atoms with Crippen molar-refractivity contribution in [1.29, 1.82) is 0 Å². The molecule has 5 heteroatoms. The monoisotopic (exact) mass is 368 g/mol. The molecule has 2 aromatic rings. The molecular weight excluding hydrogens is 340 g/mol. The van der Waals surface area contributed by atoms with Gasteiger partial charge in [-0.3, -0.25) is 4.79 Å². The molecule has 0 radical (unpaired) electrons. The van der Waals surface area contributed by atoms with Gasteiger partial charge in [-0.1, -0.05) is 18.2 Å². The number of amides is 1. The quantitative estimate of drug-likeness (QED) is 0.776. The van der Waals surface area contributed by atoms with Gasteiger partial charge in [0.25, 0.3) is 5.91 Å². The Labute approximate surface area is 160 Å². The predicted octanol–water partition coefficient (Wildman–Crippen LogP) is 3.97. The smallest absolute Gasteiger partial charge is 0.251 e. The van der Waals surface area contributed by atoms with E-state index >= 15 is 0 Å². The summed E-state index contributed by atoms with van der Waals surface area (Å²) < 4.78 is 11.6. The zero-order valence-electron chi connectivity index (χ0n) is 16.0. The molecule has 0 heterocycles. The lowest BCUT2D eigenvalue weighted by molar-refractivity contribution is 0.0940. The number of ether oxygens (including phenoxy) is 2. The second-order valence-corrected chi connectivity index (χ2v) is 7.03. The summed E-state index contributed by atoms with van der Waals surface area (Å²) in [5.74, 6) is 1.35. The molecule has 5 nitrogen and oxygen atoms in total. The number of methoxy groups -OCH3 is 1. The highest BCUT2D eigenvalue weighted by molar-refractivity contribution is 5.94. The van der Waals surface area contributed by atoms with Gasteiger partial charge in [0, 0.05) is 12.1 Å². The molecule has 2 aromatic carbocycles. The van der Waals surface area contributed by atoms with Gasteiger partial charge in [0.2, 0.25) is 0 Å². The van der Waals surface area contributed by atoms with Crippen LogP contribution >= 0.6 is 0 Å². The molecule has 0 spiro atoms. The van der Waals surface area contributed by atoms with Crippen molar-refractivity contribution in [2.45, 2.75) is 51.3 Å². The van der Waals surface area contributed by atoms with Crippen LogP contribution < -0.4 is 20.5 Å². The minimum Gasteiger partial charge on any atom is -0.493 e. The number of benzene rings is 2. The molecule has 144 valence electrons. The van der Waals surface area contributed by atoms with E-state index in [1.165, 1.54) is 12.8 Å². The highest BCUT2D eigenvalue weighted by Gasteiger charge is 2.19. The first-order valence-electron chi connectivity index (χ1n) is 9.55. The van der Waals surface area contributed by atoms with Gasteiger partial charge in [-0.05, 0) is 68.0 Å². The van der Waals surface area contributed by atoms with E-state index in [4.69, 9.17) is 15.2 Å². The van der Waals surface area contributed by atoms with Gasteiger partial charge < -0.3 is 20.5 Å². The van der Waals surface area contributed by atoms with Crippen LogP contribution in [0.25, 0.3) is 0 Å². The standard InChI is InChI=1S/C22H28N2O3/c1-15(24-22(25)17-9-7-16(14-23)8-10-17)18-11-12-20(21(13-18)26-2)27-19-5-3-4-6-19/h7-13,15,19H,3-6,14,23H2,1-2H3,(H,24,25). The van der Waals surface area contributed by atoms with Crippen molar-refractivity contribution in [3.8, 4) is 11.5 Å². The van der Waals surface area contributed by atoms with Gasteiger partial charge in [-0.25, -0.2) is 0 Å². The van der Waals surface area contributed by atoms with Crippen molar-refractivity contribution in [1.82, 2.24) is 5.32 Å². The average molecular weight is 368 g/mol. The maximum Gasteiger partial charge on any atom is 0.251 e. The number of hydrogen-bond acceptors (Lipinski definition) is 4. The number of carbonyl (C=O) groups excluding carboxylic acids is 1. The van der Waals surface area contributed by atoms with Crippen molar-refractivity contribution in [2.24, 2.45) is 5.73 Å². The molecule has 1 amide bonds. The summed E-state index contributed by atoms with van der Waals surface area (Å²) in [6.45, 7) is 2.42. The summed E-state index contributed by atoms with van der Waals surface area (Å²) in [5.41, 5.74) is 8.19. The Morgan fingerprint density at radius 2 is 1.85 bits per heavy atom. The summed E-state index contributed by atoms with van der Waals surface area (Å²) in [4.78, 5) is 12.5. The highest BCUT2D eigenvalue weighted by atomic mass is 16.5. The first-order chi connectivity index (χ1) is 13.1. The van der Waals surface area contributed by atoms with E-state index in [1.807, 2.05) is 37.3 Å². The third-order valence-electron chi connectivity index (χ3n) is 5.08. The fourth-order valence-corrected chi connectivity index (χ4v) is 3.39. The third-order valence-corrected chi connectivity index (χ3v) is 5.08. The van der Waals surface area contributed by atoms with E-state index in [2.05, 4.69) is 5.32 Å². The number of carbonyl (C=O) groups is 1. The zero-order valence-corrected chi connectivity index (χ0v) is 16.0. The molecule has 1 fully saturated rings. The van der Waals surface area contributed by atoms with Gasteiger partial charge in [0.1, 0.15) is 0 Å². The number of nitrogens with two attached hydrogens (primary N) is 1. The Hall–Kier alpha value is -2.53. The molecule has 1 saturated carbocycles. The van der Waals surface area contributed by atoms with Crippen LogP contribution in [0.3, 0.4) is 0 Å². The van der Waals surface area contributed by atoms with Crippen LogP contribution in [0.5, 0.6) is 11.5 Å². The lowest BCUT2D eigenvalue weighted by Crippen LogP contribution is -2.26. The van der Waals surface area contributed by atoms with Gasteiger partial charge >= 0.3 is 0 Å². The molecule has 1 aliphatic carbocycles. The van der Waals surface area contributed by atoms with Gasteiger partial charge in [0.05, 0.1) is 19.3 Å². The van der Waals surface area contributed by atoms with Crippen LogP contribution in [-0.4, -0.2) is 19.1 Å². The van der Waals surface area contributed by atoms with Gasteiger partial charge in [0.15, 0.2) is 11.5 Å². The minimum atomic E-state index is -0.152. The normalized spacial score (nSPS) is 15.4. The molecule has 1 aliphatic rings. The summed E-state index contributed by atoms with van der Waals surface area (Å²) in [5, 5.41) is 3.03. The van der Waals surface area contributed by atoms with Crippen LogP contribution in [0.1, 0.15) is 60.1 Å². The van der Waals surface area contributed by atoms with Crippen LogP contribution in [0, 0.1) is 0 Å². The molecule has 27 heavy (non-hydrogen) atoms. The molecule has 3 rings (SSSR count). The molecule has 0 aliphatic heterocycles. The maximum atomic E-state index is 12.5. The van der Waals surface area contributed by atoms with Gasteiger partial charge in [-0.15, -0.1) is 0 Å². The van der Waals surface area contributed by atoms with Crippen molar-refractivity contribution in [3.63, 3.8) is 0 Å². The van der Waals surface area contributed by atoms with Crippen LogP contribution in [0.15, 0.2) is 42.5 Å². The number of nitrogens with one attached hydrogen (secondary N) is 1. The van der Waals surface area contributed by atoms with E-state index in [0.29, 0.717) is 17.9 Å². The molecule has 0 aromatic heterocycles. The lowest BCUT2D eigenvalue weighted by Gasteiger charge is -2.19. The summed E-state index contributed by atoms with van der Waals surface area (Å²) in [6, 6.07) is 13.0. The van der Waals surface area contributed by atoms with E-state index in [-0.39, 0.29) is 18.1 Å². The Kier molecular flexibility index (Phi) is 6.35. The van der Waals surface area contributed by atoms with E-state index in [1.54, 1.807) is 19.2 Å². The molecule has 3 N–H and O–H groups in total. The molecule has 0 saturated heterocycles. The Bertz CT molecular complexity index is 768. The molecule has 1 unspecified atom stereocenters. The van der Waals surface area contributed by atoms with Crippen LogP contribution in [0.4, 0.5) is 0 Å². The fourth-order valence-electron chi connectivity index (χ4n) is 3.39. The van der Waals surface area contributed by atoms with E-state index < -0.39 is 0 Å². The minimum absolute atomic E-state index is 0.115. The number of rotatable bonds is 7. The maximum absolute atomic E-state index is 12.5. The predicted molar refractivity (Wildman–Crippen MR) is 106 cm³/mol. The molecular formula is C22H28N2O3. The Morgan fingerprint density at radius 1 is 1.15 bits per heavy atom. The lowest BCUT2D eigenvalue weighted by atomic mass is 10.1. The zero-order chi connectivity index (χ0) is 19.2. The average Bonchev–Trinajstić information content (AvgIpc) is 3.21. The largest absolute Gasteiger partial charge is 0.493 e. The molecule has 1 atom stereocenters. The first-order valence-corrected chi connectivity index (χ1v) is 9.55. The third kappa shape index (κ3) is 4.80. The van der Waals surface area contributed by atoms with E-state index in [0.717, 1.165) is 29.7 Å². The fraction of sp³-hybridized carbons (Fsp3) is 0.409. The Balaban J connectivity index is 1.67. The topological polar surface area (TPSA) is 73.6 Å². The SMILES string of the molecule is COc1cc(C(C)NC(=O)c2ccc(CN)cc2)ccc1OC1CCCC1.